The van der Waals surface area contributed by atoms with Gasteiger partial charge in [-0.2, -0.15) is 5.26 Å². The van der Waals surface area contributed by atoms with Crippen molar-refractivity contribution in [1.29, 1.82) is 5.26 Å². The molecule has 9 heteroatoms. The lowest BCUT2D eigenvalue weighted by Gasteiger charge is -2.18. The summed E-state index contributed by atoms with van der Waals surface area (Å²) in [6, 6.07) is 17.7. The lowest BCUT2D eigenvalue weighted by Crippen LogP contribution is -2.19. The van der Waals surface area contributed by atoms with Gasteiger partial charge in [0.2, 0.25) is 5.43 Å². The first kappa shape index (κ1) is 26.6. The molecule has 4 aromatic rings. The van der Waals surface area contributed by atoms with Crippen LogP contribution < -0.4 is 14.9 Å². The smallest absolute Gasteiger partial charge is 0.341 e. The fraction of sp³-hybridized carbons (Fsp3) is 0.226. The summed E-state index contributed by atoms with van der Waals surface area (Å²) in [6.45, 7) is 0. The van der Waals surface area contributed by atoms with Crippen LogP contribution in [0.1, 0.15) is 34.8 Å². The van der Waals surface area contributed by atoms with Crippen molar-refractivity contribution in [3.8, 4) is 28.7 Å². The fourth-order valence-corrected chi connectivity index (χ4v) is 4.80. The zero-order chi connectivity index (χ0) is 28.4. The van der Waals surface area contributed by atoms with Crippen LogP contribution in [0.2, 0.25) is 0 Å². The molecule has 1 saturated carbocycles. The molecule has 40 heavy (non-hydrogen) atoms. The van der Waals surface area contributed by atoms with Gasteiger partial charge < -0.3 is 19.1 Å². The maximum Gasteiger partial charge on any atom is 0.341 e. The van der Waals surface area contributed by atoms with Crippen molar-refractivity contribution in [1.82, 2.24) is 4.57 Å². The van der Waals surface area contributed by atoms with Crippen LogP contribution in [0.3, 0.4) is 0 Å². The number of hydrogen-bond acceptors (Lipinski definition) is 6. The molecule has 1 aliphatic rings. The molecule has 202 valence electrons. The van der Waals surface area contributed by atoms with Crippen LogP contribution in [0.25, 0.3) is 22.0 Å². The fourth-order valence-electron chi connectivity index (χ4n) is 4.80. The van der Waals surface area contributed by atoms with E-state index in [1.54, 1.807) is 29.0 Å². The van der Waals surface area contributed by atoms with Crippen molar-refractivity contribution in [3.05, 3.63) is 88.0 Å². The largest absolute Gasteiger partial charge is 0.493 e. The number of para-hydroxylation sites is 1. The van der Waals surface area contributed by atoms with Crippen molar-refractivity contribution in [2.24, 2.45) is 10.9 Å². The number of pyridine rings is 1. The monoisotopic (exact) mass is 539 g/mol. The maximum atomic E-state index is 15.7. The average molecular weight is 540 g/mol. The van der Waals surface area contributed by atoms with Crippen LogP contribution in [-0.4, -0.2) is 36.1 Å². The second-order valence-corrected chi connectivity index (χ2v) is 9.60. The van der Waals surface area contributed by atoms with E-state index >= 15 is 4.39 Å². The molecule has 1 N–H and O–H groups in total. The number of carbonyl (C=O) groups is 1. The number of fused-ring (bicyclic) bond motifs is 1. The van der Waals surface area contributed by atoms with Gasteiger partial charge >= 0.3 is 5.97 Å². The normalized spacial score (nSPS) is 13.8. The highest BCUT2D eigenvalue weighted by Crippen LogP contribution is 2.43. The summed E-state index contributed by atoms with van der Waals surface area (Å²) in [6.07, 6.45) is 4.86. The van der Waals surface area contributed by atoms with Gasteiger partial charge in [0.25, 0.3) is 0 Å². The molecule has 0 spiro atoms. The number of rotatable bonds is 9. The number of methoxy groups -OCH3 is 2. The quantitative estimate of drug-likeness (QED) is 0.263. The van der Waals surface area contributed by atoms with E-state index in [1.165, 1.54) is 20.4 Å². The van der Waals surface area contributed by atoms with E-state index in [4.69, 9.17) is 9.47 Å². The molecule has 0 amide bonds. The third-order valence-corrected chi connectivity index (χ3v) is 6.90. The predicted molar refractivity (Wildman–Crippen MR) is 149 cm³/mol. The number of nitrogens with zero attached hydrogens (tertiary/aromatic N) is 3. The summed E-state index contributed by atoms with van der Waals surface area (Å²) < 4.78 is 28.6. The van der Waals surface area contributed by atoms with E-state index in [-0.39, 0.29) is 23.4 Å². The van der Waals surface area contributed by atoms with Crippen LogP contribution in [0.5, 0.6) is 11.5 Å². The van der Waals surface area contributed by atoms with E-state index < -0.39 is 28.7 Å². The minimum Gasteiger partial charge on any atom is -0.493 e. The molecule has 1 unspecified atom stereocenters. The zero-order valence-electron chi connectivity index (χ0n) is 21.9. The molecule has 0 saturated heterocycles. The van der Waals surface area contributed by atoms with Crippen molar-refractivity contribution in [2.75, 3.05) is 14.2 Å². The number of hydrogen-bond donors (Lipinski definition) is 1. The molecule has 1 atom stereocenters. The van der Waals surface area contributed by atoms with Crippen LogP contribution in [0.4, 0.5) is 10.1 Å². The number of benzene rings is 3. The van der Waals surface area contributed by atoms with Gasteiger partial charge in [0.05, 0.1) is 37.4 Å². The Bertz CT molecular complexity index is 1740. The molecule has 8 nitrogen and oxygen atoms in total. The van der Waals surface area contributed by atoms with Gasteiger partial charge in [-0.05, 0) is 61.2 Å². The van der Waals surface area contributed by atoms with Crippen molar-refractivity contribution in [2.45, 2.75) is 25.3 Å². The van der Waals surface area contributed by atoms with Gasteiger partial charge in [-0.25, -0.2) is 9.18 Å². The van der Waals surface area contributed by atoms with Crippen molar-refractivity contribution < 1.29 is 23.8 Å². The average Bonchev–Trinajstić information content (AvgIpc) is 3.81. The molecule has 3 aromatic carbocycles. The molecule has 1 heterocycles. The van der Waals surface area contributed by atoms with Crippen molar-refractivity contribution in [3.63, 3.8) is 0 Å². The Morgan fingerprint density at radius 3 is 2.55 bits per heavy atom. The molecule has 0 radical (unpaired) electrons. The van der Waals surface area contributed by atoms with Crippen LogP contribution in [0, 0.1) is 23.1 Å². The van der Waals surface area contributed by atoms with Crippen LogP contribution in [-0.2, 0) is 6.42 Å². The summed E-state index contributed by atoms with van der Waals surface area (Å²) in [5.41, 5.74) is 1.26. The first-order valence-corrected chi connectivity index (χ1v) is 12.7. The Labute approximate surface area is 229 Å². The molecule has 0 aliphatic heterocycles. The summed E-state index contributed by atoms with van der Waals surface area (Å²) in [5, 5.41) is 19.3. The highest BCUT2D eigenvalue weighted by molar-refractivity contribution is 5.94. The zero-order valence-corrected chi connectivity index (χ0v) is 21.9. The predicted octanol–water partition coefficient (Wildman–Crippen LogP) is 5.94. The van der Waals surface area contributed by atoms with Gasteiger partial charge in [0.15, 0.2) is 11.5 Å². The van der Waals surface area contributed by atoms with Gasteiger partial charge in [-0.15, -0.1) is 0 Å². The summed E-state index contributed by atoms with van der Waals surface area (Å²) in [7, 11) is 2.92. The Balaban J connectivity index is 1.63. The number of aromatic carboxylic acids is 1. The highest BCUT2D eigenvalue weighted by Gasteiger charge is 2.28. The highest BCUT2D eigenvalue weighted by atomic mass is 19.1. The number of aromatic nitrogens is 1. The molecular formula is C31H26FN3O5. The third kappa shape index (κ3) is 5.16. The molecule has 1 aliphatic carbocycles. The first-order chi connectivity index (χ1) is 19.3. The molecule has 1 aromatic heterocycles. The number of aliphatic imine (C=N–C) groups is 1. The van der Waals surface area contributed by atoms with E-state index in [2.05, 4.69) is 11.1 Å². The maximum absolute atomic E-state index is 15.7. The number of ether oxygens (including phenoxy) is 2. The number of nitriles is 1. The summed E-state index contributed by atoms with van der Waals surface area (Å²) in [5.74, 6) is -1.99. The number of carboxylic acid groups (broad SMARTS) is 1. The SMILES string of the molecule is COc1cc(CC(C#N)C=Nc2ccccc2)cc(-c2cc3c(cc2F)c(=O)c(C(=O)O)cn3C2CC2)c1OC. The Morgan fingerprint density at radius 1 is 1.18 bits per heavy atom. The minimum absolute atomic E-state index is 0.00296. The van der Waals surface area contributed by atoms with Gasteiger partial charge in [-0.1, -0.05) is 18.2 Å². The topological polar surface area (TPSA) is 114 Å². The van der Waals surface area contributed by atoms with E-state index in [1.807, 2.05) is 30.3 Å². The van der Waals surface area contributed by atoms with Gasteiger partial charge in [0.1, 0.15) is 11.4 Å². The Hall–Kier alpha value is -4.97. The van der Waals surface area contributed by atoms with Crippen molar-refractivity contribution >= 4 is 28.8 Å². The minimum atomic E-state index is -1.35. The summed E-state index contributed by atoms with van der Waals surface area (Å²) in [4.78, 5) is 29.0. The van der Waals surface area contributed by atoms with E-state index in [0.29, 0.717) is 28.1 Å². The molecular weight excluding hydrogens is 513 g/mol. The second kappa shape index (κ2) is 11.0. The standard InChI is InChI=1S/C31H26FN3O5/c1-39-28-12-18(10-19(15-33)16-34-20-6-4-3-5-7-20)11-23(30(28)40-2)22-14-27-24(13-26(22)32)29(36)25(31(37)38)17-35(27)21-8-9-21/h3-7,11-14,16-17,19,21H,8-10H2,1-2H3,(H,37,38). The lowest BCUT2D eigenvalue weighted by atomic mass is 9.94. The Kier molecular flexibility index (Phi) is 7.34. The lowest BCUT2D eigenvalue weighted by molar-refractivity contribution is 0.0695. The Morgan fingerprint density at radius 2 is 1.93 bits per heavy atom. The van der Waals surface area contributed by atoms with Crippen LogP contribution in [0.15, 0.2) is 70.6 Å². The first-order valence-electron chi connectivity index (χ1n) is 12.7. The molecule has 0 bridgehead atoms. The van der Waals surface area contributed by atoms with Gasteiger partial charge in [-0.3, -0.25) is 9.79 Å². The third-order valence-electron chi connectivity index (χ3n) is 6.90. The number of carboxylic acids is 1. The van der Waals surface area contributed by atoms with E-state index in [0.717, 1.165) is 24.6 Å². The molecule has 1 fully saturated rings. The van der Waals surface area contributed by atoms with Gasteiger partial charge in [0, 0.05) is 35.0 Å². The van der Waals surface area contributed by atoms with Crippen LogP contribution >= 0.6 is 0 Å². The number of halogens is 1. The second-order valence-electron chi connectivity index (χ2n) is 9.60. The van der Waals surface area contributed by atoms with E-state index in [9.17, 15) is 20.0 Å². The summed E-state index contributed by atoms with van der Waals surface area (Å²) >= 11 is 0. The molecule has 5 rings (SSSR count).